The van der Waals surface area contributed by atoms with Crippen molar-refractivity contribution in [3.63, 3.8) is 0 Å². The quantitative estimate of drug-likeness (QED) is 0.741. The molecule has 0 aromatic carbocycles. The summed E-state index contributed by atoms with van der Waals surface area (Å²) in [6, 6.07) is 0. The summed E-state index contributed by atoms with van der Waals surface area (Å²) >= 11 is 11.1. The first kappa shape index (κ1) is 10.5. The second-order valence-electron chi connectivity index (χ2n) is 2.11. The summed E-state index contributed by atoms with van der Waals surface area (Å²) in [4.78, 5) is 3.60. The van der Waals surface area contributed by atoms with E-state index >= 15 is 0 Å². The van der Waals surface area contributed by atoms with Crippen molar-refractivity contribution in [1.29, 1.82) is 0 Å². The first-order valence-electron chi connectivity index (χ1n) is 3.28. The van der Waals surface area contributed by atoms with Gasteiger partial charge in [-0.2, -0.15) is 8.78 Å². The average Bonchev–Trinajstić information content (AvgIpc) is 2.03. The summed E-state index contributed by atoms with van der Waals surface area (Å²) in [6.45, 7) is -2.90. The van der Waals surface area contributed by atoms with Gasteiger partial charge in [0.15, 0.2) is 0 Å². The molecule has 1 rings (SSSR count). The Hall–Kier alpha value is -0.610. The Morgan fingerprint density at radius 3 is 2.69 bits per heavy atom. The molecule has 0 bridgehead atoms. The fourth-order valence-electron chi connectivity index (χ4n) is 0.771. The van der Waals surface area contributed by atoms with Crippen molar-refractivity contribution in [1.82, 2.24) is 4.98 Å². The van der Waals surface area contributed by atoms with Crippen LogP contribution in [0, 0.1) is 0 Å². The smallest absolute Gasteiger partial charge is 0.387 e. The number of hydrogen-bond acceptors (Lipinski definition) is 2. The summed E-state index contributed by atoms with van der Waals surface area (Å²) < 4.78 is 27.8. The van der Waals surface area contributed by atoms with Gasteiger partial charge in [0.25, 0.3) is 0 Å². The topological polar surface area (TPSA) is 22.1 Å². The Bertz CT molecular complexity index is 296. The number of halogens is 4. The van der Waals surface area contributed by atoms with Crippen molar-refractivity contribution in [2.45, 2.75) is 12.5 Å². The van der Waals surface area contributed by atoms with E-state index in [0.29, 0.717) is 5.56 Å². The molecule has 0 radical (unpaired) electrons. The fourth-order valence-corrected chi connectivity index (χ4v) is 1.33. The van der Waals surface area contributed by atoms with Gasteiger partial charge in [-0.05, 0) is 0 Å². The third-order valence-corrected chi connectivity index (χ3v) is 1.91. The van der Waals surface area contributed by atoms with E-state index in [1.54, 1.807) is 0 Å². The van der Waals surface area contributed by atoms with Gasteiger partial charge in [-0.25, -0.2) is 0 Å². The molecule has 72 valence electrons. The van der Waals surface area contributed by atoms with Crippen LogP contribution >= 0.6 is 23.2 Å². The second-order valence-corrected chi connectivity index (χ2v) is 2.78. The number of hydrogen-bond donors (Lipinski definition) is 0. The van der Waals surface area contributed by atoms with Gasteiger partial charge >= 0.3 is 6.61 Å². The predicted octanol–water partition coefficient (Wildman–Crippen LogP) is 3.08. The first-order chi connectivity index (χ1) is 6.15. The van der Waals surface area contributed by atoms with E-state index in [1.807, 2.05) is 0 Å². The molecular weight excluding hydrogens is 223 g/mol. The molecule has 1 heterocycles. The molecule has 0 spiro atoms. The van der Waals surface area contributed by atoms with E-state index in [2.05, 4.69) is 9.72 Å². The molecular formula is C7H5Cl2F2NO. The molecule has 0 atom stereocenters. The van der Waals surface area contributed by atoms with Crippen molar-refractivity contribution < 1.29 is 13.5 Å². The lowest BCUT2D eigenvalue weighted by Crippen LogP contribution is -2.04. The SMILES string of the molecule is FC(F)Oc1cncc(Cl)c1CCl. The Kier molecular flexibility index (Phi) is 3.69. The van der Waals surface area contributed by atoms with E-state index in [1.165, 1.54) is 6.20 Å². The lowest BCUT2D eigenvalue weighted by Gasteiger charge is -2.08. The van der Waals surface area contributed by atoms with Gasteiger partial charge in [0, 0.05) is 11.8 Å². The van der Waals surface area contributed by atoms with Crippen LogP contribution in [0.15, 0.2) is 12.4 Å². The number of aromatic nitrogens is 1. The molecule has 13 heavy (non-hydrogen) atoms. The van der Waals surface area contributed by atoms with Crippen molar-refractivity contribution in [2.24, 2.45) is 0 Å². The highest BCUT2D eigenvalue weighted by Gasteiger charge is 2.11. The van der Waals surface area contributed by atoms with Gasteiger partial charge in [0.05, 0.1) is 17.1 Å². The summed E-state index contributed by atoms with van der Waals surface area (Å²) in [5, 5.41) is 0.216. The van der Waals surface area contributed by atoms with Crippen LogP contribution in [0.25, 0.3) is 0 Å². The van der Waals surface area contributed by atoms with Crippen LogP contribution in [-0.2, 0) is 5.88 Å². The zero-order valence-electron chi connectivity index (χ0n) is 6.31. The first-order valence-corrected chi connectivity index (χ1v) is 4.19. The number of alkyl halides is 3. The van der Waals surface area contributed by atoms with E-state index in [4.69, 9.17) is 23.2 Å². The minimum absolute atomic E-state index is 0.00338. The van der Waals surface area contributed by atoms with Crippen LogP contribution in [-0.4, -0.2) is 11.6 Å². The zero-order chi connectivity index (χ0) is 9.84. The van der Waals surface area contributed by atoms with E-state index in [9.17, 15) is 8.78 Å². The van der Waals surface area contributed by atoms with Gasteiger partial charge in [-0.3, -0.25) is 4.98 Å². The number of pyridine rings is 1. The molecule has 0 saturated carbocycles. The largest absolute Gasteiger partial charge is 0.433 e. The van der Waals surface area contributed by atoms with Gasteiger partial charge in [-0.15, -0.1) is 11.6 Å². The second kappa shape index (κ2) is 4.58. The van der Waals surface area contributed by atoms with Crippen molar-refractivity contribution in [2.75, 3.05) is 0 Å². The summed E-state index contributed by atoms with van der Waals surface area (Å²) in [7, 11) is 0. The van der Waals surface area contributed by atoms with E-state index in [0.717, 1.165) is 6.20 Å². The highest BCUT2D eigenvalue weighted by atomic mass is 35.5. The molecule has 0 aliphatic carbocycles. The number of rotatable bonds is 3. The highest BCUT2D eigenvalue weighted by Crippen LogP contribution is 2.27. The standard InChI is InChI=1S/C7H5Cl2F2NO/c8-1-4-5(9)2-12-3-6(4)13-7(10)11/h2-3,7H,1H2. The highest BCUT2D eigenvalue weighted by molar-refractivity contribution is 6.32. The lowest BCUT2D eigenvalue weighted by molar-refractivity contribution is -0.0505. The molecule has 0 aliphatic rings. The zero-order valence-corrected chi connectivity index (χ0v) is 7.82. The van der Waals surface area contributed by atoms with Crippen molar-refractivity contribution in [3.05, 3.63) is 23.0 Å². The number of ether oxygens (including phenoxy) is 1. The van der Waals surface area contributed by atoms with Crippen LogP contribution in [0.4, 0.5) is 8.78 Å². The van der Waals surface area contributed by atoms with Gasteiger partial charge < -0.3 is 4.74 Å². The third kappa shape index (κ3) is 2.67. The molecule has 0 amide bonds. The Morgan fingerprint density at radius 2 is 2.15 bits per heavy atom. The molecule has 6 heteroatoms. The lowest BCUT2D eigenvalue weighted by atomic mass is 10.3. The van der Waals surface area contributed by atoms with Gasteiger partial charge in [0.2, 0.25) is 0 Å². The predicted molar refractivity (Wildman–Crippen MR) is 45.4 cm³/mol. The molecule has 0 unspecified atom stereocenters. The van der Waals surface area contributed by atoms with Crippen LogP contribution < -0.4 is 4.74 Å². The Morgan fingerprint density at radius 1 is 1.46 bits per heavy atom. The van der Waals surface area contributed by atoms with Gasteiger partial charge in [0.1, 0.15) is 5.75 Å². The molecule has 1 aromatic rings. The van der Waals surface area contributed by atoms with E-state index < -0.39 is 6.61 Å². The molecule has 2 nitrogen and oxygen atoms in total. The van der Waals surface area contributed by atoms with E-state index in [-0.39, 0.29) is 16.7 Å². The third-order valence-electron chi connectivity index (χ3n) is 1.32. The summed E-state index contributed by atoms with van der Waals surface area (Å²) in [5.74, 6) is -0.0823. The molecule has 0 aliphatic heterocycles. The molecule has 0 fully saturated rings. The van der Waals surface area contributed by atoms with Crippen LogP contribution in [0.2, 0.25) is 5.02 Å². The van der Waals surface area contributed by atoms with Gasteiger partial charge in [-0.1, -0.05) is 11.6 Å². The molecule has 1 aromatic heterocycles. The maximum Gasteiger partial charge on any atom is 0.387 e. The van der Waals surface area contributed by atoms with Crippen LogP contribution in [0.1, 0.15) is 5.56 Å². The van der Waals surface area contributed by atoms with Crippen LogP contribution in [0.3, 0.4) is 0 Å². The van der Waals surface area contributed by atoms with Crippen molar-refractivity contribution in [3.8, 4) is 5.75 Å². The molecule has 0 N–H and O–H groups in total. The van der Waals surface area contributed by atoms with Crippen molar-refractivity contribution >= 4 is 23.2 Å². The summed E-state index contributed by atoms with van der Waals surface area (Å²) in [5.41, 5.74) is 0.318. The monoisotopic (exact) mass is 227 g/mol. The Labute approximate surface area is 83.4 Å². The molecule has 0 saturated heterocycles. The maximum absolute atomic E-state index is 11.8. The Balaban J connectivity index is 2.98. The normalized spacial score (nSPS) is 10.5. The fraction of sp³-hybridized carbons (Fsp3) is 0.286. The minimum Gasteiger partial charge on any atom is -0.433 e. The maximum atomic E-state index is 11.8. The number of nitrogens with zero attached hydrogens (tertiary/aromatic N) is 1. The summed E-state index contributed by atoms with van der Waals surface area (Å²) in [6.07, 6.45) is 2.47. The average molecular weight is 228 g/mol. The van der Waals surface area contributed by atoms with Crippen LogP contribution in [0.5, 0.6) is 5.75 Å². The minimum atomic E-state index is -2.90.